The second-order valence-corrected chi connectivity index (χ2v) is 8.62. The maximum atomic E-state index is 13.0. The van der Waals surface area contributed by atoms with Gasteiger partial charge in [-0.2, -0.15) is 0 Å². The summed E-state index contributed by atoms with van der Waals surface area (Å²) in [5, 5.41) is 1.74. The molecule has 2 aromatic rings. The van der Waals surface area contributed by atoms with Gasteiger partial charge in [0.1, 0.15) is 0 Å². The molecule has 132 valence electrons. The zero-order valence-electron chi connectivity index (χ0n) is 14.1. The summed E-state index contributed by atoms with van der Waals surface area (Å²) in [7, 11) is -3.02. The van der Waals surface area contributed by atoms with Crippen LogP contribution in [0.2, 0.25) is 0 Å². The number of hydrogen-bond acceptors (Lipinski definition) is 4. The van der Waals surface area contributed by atoms with E-state index in [0.29, 0.717) is 6.54 Å². The van der Waals surface area contributed by atoms with Crippen molar-refractivity contribution in [2.45, 2.75) is 18.9 Å². The number of sulfone groups is 1. The molecule has 0 spiro atoms. The highest BCUT2D eigenvalue weighted by Gasteiger charge is 2.31. The zero-order valence-corrected chi connectivity index (χ0v) is 14.9. The van der Waals surface area contributed by atoms with E-state index in [9.17, 15) is 13.2 Å². The van der Waals surface area contributed by atoms with Crippen LogP contribution in [0.5, 0.6) is 0 Å². The van der Waals surface area contributed by atoms with Crippen LogP contribution in [0.4, 0.5) is 0 Å². The van der Waals surface area contributed by atoms with E-state index in [1.165, 1.54) is 0 Å². The normalized spacial score (nSPS) is 20.3. The van der Waals surface area contributed by atoms with Gasteiger partial charge >= 0.3 is 0 Å². The predicted molar refractivity (Wildman–Crippen MR) is 97.7 cm³/mol. The summed E-state index contributed by atoms with van der Waals surface area (Å²) in [5.41, 5.74) is 4.75. The van der Waals surface area contributed by atoms with E-state index < -0.39 is 15.8 Å². The fourth-order valence-corrected chi connectivity index (χ4v) is 4.71. The van der Waals surface area contributed by atoms with Crippen LogP contribution in [0.15, 0.2) is 60.7 Å². The number of benzene rings is 2. The first-order valence-corrected chi connectivity index (χ1v) is 10.2. The van der Waals surface area contributed by atoms with E-state index in [1.807, 2.05) is 67.6 Å². The minimum absolute atomic E-state index is 0.0641. The van der Waals surface area contributed by atoms with Gasteiger partial charge in [0.25, 0.3) is 0 Å². The van der Waals surface area contributed by atoms with Gasteiger partial charge in [0.2, 0.25) is 5.91 Å². The van der Waals surface area contributed by atoms with Crippen molar-refractivity contribution in [2.24, 2.45) is 0 Å². The third kappa shape index (κ3) is 4.27. The first kappa shape index (κ1) is 17.6. The molecule has 3 rings (SSSR count). The Kier molecular flexibility index (Phi) is 5.20. The van der Waals surface area contributed by atoms with Crippen molar-refractivity contribution in [3.8, 4) is 0 Å². The van der Waals surface area contributed by atoms with Crippen molar-refractivity contribution >= 4 is 15.7 Å². The fraction of sp³-hybridized carbons (Fsp3) is 0.316. The van der Waals surface area contributed by atoms with Crippen molar-refractivity contribution < 1.29 is 13.2 Å². The average molecular weight is 358 g/mol. The van der Waals surface area contributed by atoms with Gasteiger partial charge in [0.05, 0.1) is 17.4 Å². The molecule has 1 N–H and O–H groups in total. The van der Waals surface area contributed by atoms with Gasteiger partial charge in [0.15, 0.2) is 9.84 Å². The minimum atomic E-state index is -3.02. The lowest BCUT2D eigenvalue weighted by Crippen LogP contribution is -2.56. The summed E-state index contributed by atoms with van der Waals surface area (Å²) in [6, 6.07) is 19.0. The van der Waals surface area contributed by atoms with E-state index >= 15 is 0 Å². The number of amides is 1. The SMILES string of the molecule is CC1CS(=O)(=O)CCN1NC(=O)C(c1ccccc1)c1ccccc1. The first-order valence-electron chi connectivity index (χ1n) is 8.34. The predicted octanol–water partition coefficient (Wildman–Crippen LogP) is 1.97. The average Bonchev–Trinajstić information content (AvgIpc) is 2.59. The first-order chi connectivity index (χ1) is 12.0. The number of carbonyl (C=O) groups excluding carboxylic acids is 1. The lowest BCUT2D eigenvalue weighted by Gasteiger charge is -2.34. The Morgan fingerprint density at radius 3 is 2.04 bits per heavy atom. The molecule has 1 heterocycles. The van der Waals surface area contributed by atoms with Gasteiger partial charge in [-0.3, -0.25) is 10.2 Å². The number of hydrazine groups is 1. The molecule has 0 aromatic heterocycles. The molecule has 1 unspecified atom stereocenters. The third-order valence-corrected chi connectivity index (χ3v) is 6.25. The van der Waals surface area contributed by atoms with Crippen molar-refractivity contribution in [3.63, 3.8) is 0 Å². The molecule has 1 atom stereocenters. The highest BCUT2D eigenvalue weighted by atomic mass is 32.2. The molecule has 5 nitrogen and oxygen atoms in total. The summed E-state index contributed by atoms with van der Waals surface area (Å²) in [6.07, 6.45) is 0. The monoisotopic (exact) mass is 358 g/mol. The van der Waals surface area contributed by atoms with Crippen LogP contribution in [0, 0.1) is 0 Å². The topological polar surface area (TPSA) is 66.5 Å². The molecular weight excluding hydrogens is 336 g/mol. The molecular formula is C19H22N2O3S. The van der Waals surface area contributed by atoms with Crippen LogP contribution >= 0.6 is 0 Å². The maximum Gasteiger partial charge on any atom is 0.246 e. The van der Waals surface area contributed by atoms with E-state index in [2.05, 4.69) is 5.43 Å². The van der Waals surface area contributed by atoms with E-state index in [-0.39, 0.29) is 23.5 Å². The molecule has 0 saturated carbocycles. The van der Waals surface area contributed by atoms with Gasteiger partial charge in [-0.05, 0) is 18.1 Å². The Morgan fingerprint density at radius 1 is 1.04 bits per heavy atom. The number of rotatable bonds is 4. The van der Waals surface area contributed by atoms with Crippen molar-refractivity contribution in [1.82, 2.24) is 10.4 Å². The molecule has 1 amide bonds. The van der Waals surface area contributed by atoms with Crippen LogP contribution in [0.3, 0.4) is 0 Å². The van der Waals surface area contributed by atoms with Crippen LogP contribution in [0.25, 0.3) is 0 Å². The molecule has 1 aliphatic heterocycles. The van der Waals surface area contributed by atoms with Gasteiger partial charge in [-0.1, -0.05) is 60.7 Å². The van der Waals surface area contributed by atoms with Crippen LogP contribution < -0.4 is 5.43 Å². The summed E-state index contributed by atoms with van der Waals surface area (Å²) in [4.78, 5) is 13.0. The highest BCUT2D eigenvalue weighted by molar-refractivity contribution is 7.91. The molecule has 6 heteroatoms. The number of nitrogens with zero attached hydrogens (tertiary/aromatic N) is 1. The second-order valence-electron chi connectivity index (χ2n) is 6.39. The number of hydrogen-bond donors (Lipinski definition) is 1. The van der Waals surface area contributed by atoms with Crippen LogP contribution in [-0.2, 0) is 14.6 Å². The summed E-state index contributed by atoms with van der Waals surface area (Å²) in [5.74, 6) is -0.454. The van der Waals surface area contributed by atoms with Gasteiger partial charge < -0.3 is 0 Å². The van der Waals surface area contributed by atoms with Crippen LogP contribution in [-0.4, -0.2) is 43.4 Å². The summed E-state index contributed by atoms with van der Waals surface area (Å²) >= 11 is 0. The Morgan fingerprint density at radius 2 is 1.56 bits per heavy atom. The Labute approximate surface area is 148 Å². The van der Waals surface area contributed by atoms with Crippen molar-refractivity contribution in [3.05, 3.63) is 71.8 Å². The zero-order chi connectivity index (χ0) is 17.9. The lowest BCUT2D eigenvalue weighted by molar-refractivity contribution is -0.127. The smallest absolute Gasteiger partial charge is 0.246 e. The fourth-order valence-electron chi connectivity index (χ4n) is 3.16. The molecule has 2 aromatic carbocycles. The van der Waals surface area contributed by atoms with Gasteiger partial charge in [-0.25, -0.2) is 13.4 Å². The minimum Gasteiger partial charge on any atom is -0.288 e. The summed E-state index contributed by atoms with van der Waals surface area (Å²) < 4.78 is 23.5. The Balaban J connectivity index is 1.83. The van der Waals surface area contributed by atoms with E-state index in [1.54, 1.807) is 5.01 Å². The molecule has 1 saturated heterocycles. The molecule has 0 radical (unpaired) electrons. The molecule has 1 aliphatic rings. The molecule has 0 bridgehead atoms. The van der Waals surface area contributed by atoms with Crippen molar-refractivity contribution in [2.75, 3.05) is 18.1 Å². The number of carbonyl (C=O) groups is 1. The molecule has 25 heavy (non-hydrogen) atoms. The summed E-state index contributed by atoms with van der Waals surface area (Å²) in [6.45, 7) is 2.13. The maximum absolute atomic E-state index is 13.0. The quantitative estimate of drug-likeness (QED) is 0.907. The molecule has 1 fully saturated rings. The lowest BCUT2D eigenvalue weighted by atomic mass is 9.91. The van der Waals surface area contributed by atoms with Crippen LogP contribution in [0.1, 0.15) is 24.0 Å². The van der Waals surface area contributed by atoms with Crippen molar-refractivity contribution in [1.29, 1.82) is 0 Å². The Hall–Kier alpha value is -2.18. The van der Waals surface area contributed by atoms with Gasteiger partial charge in [0, 0.05) is 12.6 Å². The van der Waals surface area contributed by atoms with E-state index in [4.69, 9.17) is 0 Å². The second kappa shape index (κ2) is 7.37. The standard InChI is InChI=1S/C19H22N2O3S/c1-15-14-25(23,24)13-12-21(15)20-19(22)18(16-8-4-2-5-9-16)17-10-6-3-7-11-17/h2-11,15,18H,12-14H2,1H3,(H,20,22). The van der Waals surface area contributed by atoms with E-state index in [0.717, 1.165) is 11.1 Å². The molecule has 0 aliphatic carbocycles. The van der Waals surface area contributed by atoms with Gasteiger partial charge in [-0.15, -0.1) is 0 Å². The third-order valence-electron chi connectivity index (χ3n) is 4.45. The highest BCUT2D eigenvalue weighted by Crippen LogP contribution is 2.25. The Bertz CT molecular complexity index is 783. The largest absolute Gasteiger partial charge is 0.288 e. The number of nitrogens with one attached hydrogen (secondary N) is 1.